The van der Waals surface area contributed by atoms with Gasteiger partial charge >= 0.3 is 6.61 Å². The molecule has 0 bridgehead atoms. The number of rotatable bonds is 7. The van der Waals surface area contributed by atoms with Crippen LogP contribution in [0.3, 0.4) is 0 Å². The molecule has 2 fully saturated rings. The van der Waals surface area contributed by atoms with Gasteiger partial charge in [0.1, 0.15) is 11.6 Å². The quantitative estimate of drug-likeness (QED) is 0.361. The first-order chi connectivity index (χ1) is 19.3. The van der Waals surface area contributed by atoms with Gasteiger partial charge in [0.2, 0.25) is 0 Å². The molecule has 1 aliphatic heterocycles. The molecule has 1 amide bonds. The zero-order valence-electron chi connectivity index (χ0n) is 21.9. The van der Waals surface area contributed by atoms with Crippen molar-refractivity contribution in [2.45, 2.75) is 63.1 Å². The Morgan fingerprint density at radius 2 is 1.95 bits per heavy atom. The van der Waals surface area contributed by atoms with Gasteiger partial charge in [-0.3, -0.25) is 4.79 Å². The second-order valence-electron chi connectivity index (χ2n) is 10.4. The number of tetrazole rings is 1. The molecule has 3 aromatic heterocycles. The van der Waals surface area contributed by atoms with E-state index in [-0.39, 0.29) is 29.7 Å². The number of benzene rings is 1. The predicted octanol–water partition coefficient (Wildman–Crippen LogP) is 4.40. The van der Waals surface area contributed by atoms with Gasteiger partial charge in [-0.2, -0.15) is 18.7 Å². The maximum absolute atomic E-state index is 14.3. The summed E-state index contributed by atoms with van der Waals surface area (Å²) in [6, 6.07) is 7.37. The molecule has 0 spiro atoms. The van der Waals surface area contributed by atoms with Crippen LogP contribution < -0.4 is 15.0 Å². The van der Waals surface area contributed by atoms with Crippen LogP contribution in [0.25, 0.3) is 5.52 Å². The Hall–Kier alpha value is -4.16. The van der Waals surface area contributed by atoms with Crippen molar-refractivity contribution < 1.29 is 22.7 Å². The molecule has 2 aliphatic rings. The van der Waals surface area contributed by atoms with Crippen molar-refractivity contribution in [2.24, 2.45) is 7.05 Å². The molecule has 10 nitrogen and oxygen atoms in total. The Kier molecular flexibility index (Phi) is 7.03. The number of anilines is 1. The van der Waals surface area contributed by atoms with Gasteiger partial charge in [0, 0.05) is 36.5 Å². The van der Waals surface area contributed by atoms with Crippen molar-refractivity contribution in [2.75, 3.05) is 11.4 Å². The number of fused-ring (bicyclic) bond motifs is 1. The monoisotopic (exact) mass is 554 g/mol. The summed E-state index contributed by atoms with van der Waals surface area (Å²) in [5.41, 5.74) is 2.52. The molecule has 1 aromatic carbocycles. The lowest BCUT2D eigenvalue weighted by atomic mass is 9.85. The van der Waals surface area contributed by atoms with E-state index >= 15 is 0 Å². The minimum Gasteiger partial charge on any atom is -0.435 e. The largest absolute Gasteiger partial charge is 0.435 e. The lowest BCUT2D eigenvalue weighted by Crippen LogP contribution is -2.37. The Balaban J connectivity index is 1.18. The number of pyridine rings is 1. The Morgan fingerprint density at radius 3 is 2.70 bits per heavy atom. The standard InChI is InChI=1S/C27H29F3N8O2/c1-36-34-25(33-35-36)16-4-6-19(7-5-16)32-26(39)22-15-31-38-10-8-20(14-24(22)38)37-9-2-3-23(37)17-11-18(28)13-21(12-17)40-27(29)30/h8,10-16,19,23,27H,2-7,9H2,1H3,(H,32,39)/t16?,19?,23-/m1/s1. The topological polar surface area (TPSA) is 102 Å². The van der Waals surface area contributed by atoms with Crippen molar-refractivity contribution >= 4 is 17.1 Å². The summed E-state index contributed by atoms with van der Waals surface area (Å²) in [5, 5.41) is 19.9. The van der Waals surface area contributed by atoms with Crippen LogP contribution in [0, 0.1) is 5.82 Å². The van der Waals surface area contributed by atoms with Crippen LogP contribution in [-0.4, -0.2) is 54.9 Å². The molecule has 1 atom stereocenters. The molecule has 6 rings (SSSR count). The second-order valence-corrected chi connectivity index (χ2v) is 10.4. The van der Waals surface area contributed by atoms with E-state index in [4.69, 9.17) is 0 Å². The molecule has 1 aliphatic carbocycles. The summed E-state index contributed by atoms with van der Waals surface area (Å²) in [7, 11) is 1.75. The van der Waals surface area contributed by atoms with Crippen LogP contribution in [0.1, 0.15) is 72.2 Å². The molecular formula is C27H29F3N8O2. The second kappa shape index (κ2) is 10.8. The summed E-state index contributed by atoms with van der Waals surface area (Å²) in [5.74, 6) is -0.0362. The SMILES string of the molecule is Cn1nnc(C2CCC(NC(=O)c3cnn4ccc(N5CCC[C@@H]5c5cc(F)cc(OC(F)F)c5)cc34)CC2)n1. The van der Waals surface area contributed by atoms with E-state index in [0.717, 1.165) is 56.1 Å². The molecule has 0 unspecified atom stereocenters. The third-order valence-electron chi connectivity index (χ3n) is 7.79. The zero-order valence-corrected chi connectivity index (χ0v) is 21.9. The van der Waals surface area contributed by atoms with Crippen molar-refractivity contribution in [1.29, 1.82) is 0 Å². The number of nitrogens with zero attached hydrogens (tertiary/aromatic N) is 7. The van der Waals surface area contributed by atoms with E-state index in [2.05, 4.69) is 35.5 Å². The van der Waals surface area contributed by atoms with Gasteiger partial charge in [0.15, 0.2) is 5.82 Å². The molecule has 1 saturated carbocycles. The smallest absolute Gasteiger partial charge is 0.387 e. The summed E-state index contributed by atoms with van der Waals surface area (Å²) >= 11 is 0. The number of alkyl halides is 2. The third kappa shape index (κ3) is 5.32. The van der Waals surface area contributed by atoms with E-state index < -0.39 is 12.4 Å². The molecule has 1 saturated heterocycles. The summed E-state index contributed by atoms with van der Waals surface area (Å²) in [4.78, 5) is 16.8. The lowest BCUT2D eigenvalue weighted by Gasteiger charge is -2.28. The highest BCUT2D eigenvalue weighted by Crippen LogP contribution is 2.38. The maximum Gasteiger partial charge on any atom is 0.387 e. The predicted molar refractivity (Wildman–Crippen MR) is 139 cm³/mol. The molecule has 13 heteroatoms. The summed E-state index contributed by atoms with van der Waals surface area (Å²) in [6.45, 7) is -2.34. The first-order valence-electron chi connectivity index (χ1n) is 13.4. The van der Waals surface area contributed by atoms with Crippen LogP contribution in [0.5, 0.6) is 5.75 Å². The van der Waals surface area contributed by atoms with Gasteiger partial charge in [-0.15, -0.1) is 10.2 Å². The number of carbonyl (C=O) groups is 1. The van der Waals surface area contributed by atoms with Gasteiger partial charge in [-0.05, 0) is 73.6 Å². The van der Waals surface area contributed by atoms with E-state index in [0.29, 0.717) is 23.2 Å². The molecule has 1 N–H and O–H groups in total. The van der Waals surface area contributed by atoms with Crippen molar-refractivity contribution in [3.8, 4) is 5.75 Å². The normalized spacial score (nSPS) is 21.3. The fourth-order valence-corrected chi connectivity index (χ4v) is 5.91. The number of amides is 1. The zero-order chi connectivity index (χ0) is 27.8. The first kappa shape index (κ1) is 26.1. The Morgan fingerprint density at radius 1 is 1.12 bits per heavy atom. The van der Waals surface area contributed by atoms with E-state index in [1.165, 1.54) is 16.9 Å². The van der Waals surface area contributed by atoms with Crippen molar-refractivity contribution in [3.05, 3.63) is 65.5 Å². The number of hydrogen-bond donors (Lipinski definition) is 1. The van der Waals surface area contributed by atoms with Crippen LogP contribution in [-0.2, 0) is 7.05 Å². The van der Waals surface area contributed by atoms with Crippen LogP contribution >= 0.6 is 0 Å². The van der Waals surface area contributed by atoms with Crippen molar-refractivity contribution in [3.63, 3.8) is 0 Å². The molecular weight excluding hydrogens is 525 g/mol. The molecule has 4 aromatic rings. The van der Waals surface area contributed by atoms with Gasteiger partial charge in [0.05, 0.1) is 30.4 Å². The number of carbonyl (C=O) groups excluding carboxylic acids is 1. The van der Waals surface area contributed by atoms with Gasteiger partial charge in [-0.1, -0.05) is 0 Å². The molecule has 210 valence electrons. The van der Waals surface area contributed by atoms with Gasteiger partial charge in [0.25, 0.3) is 5.91 Å². The fraction of sp³-hybridized carbons (Fsp3) is 0.444. The molecule has 40 heavy (non-hydrogen) atoms. The molecule has 4 heterocycles. The Bertz CT molecular complexity index is 1510. The number of halogens is 3. The highest BCUT2D eigenvalue weighted by atomic mass is 19.3. The van der Waals surface area contributed by atoms with Crippen LogP contribution in [0.15, 0.2) is 42.7 Å². The first-order valence-corrected chi connectivity index (χ1v) is 13.4. The Labute approximate surface area is 228 Å². The van der Waals surface area contributed by atoms with Crippen molar-refractivity contribution in [1.82, 2.24) is 35.1 Å². The van der Waals surface area contributed by atoms with Crippen LogP contribution in [0.2, 0.25) is 0 Å². The maximum atomic E-state index is 14.3. The number of ether oxygens (including phenoxy) is 1. The van der Waals surface area contributed by atoms with E-state index in [1.807, 2.05) is 12.1 Å². The summed E-state index contributed by atoms with van der Waals surface area (Å²) in [6.07, 6.45) is 8.29. The highest BCUT2D eigenvalue weighted by molar-refractivity contribution is 6.01. The van der Waals surface area contributed by atoms with E-state index in [9.17, 15) is 18.0 Å². The third-order valence-corrected chi connectivity index (χ3v) is 7.79. The minimum absolute atomic E-state index is 0.0409. The number of aromatic nitrogens is 6. The lowest BCUT2D eigenvalue weighted by molar-refractivity contribution is -0.0500. The van der Waals surface area contributed by atoms with Crippen LogP contribution in [0.4, 0.5) is 18.9 Å². The molecule has 0 radical (unpaired) electrons. The van der Waals surface area contributed by atoms with Gasteiger partial charge < -0.3 is 15.0 Å². The summed E-state index contributed by atoms with van der Waals surface area (Å²) < 4.78 is 45.9. The fourth-order valence-electron chi connectivity index (χ4n) is 5.91. The number of nitrogens with one attached hydrogen (secondary N) is 1. The number of hydrogen-bond acceptors (Lipinski definition) is 7. The highest BCUT2D eigenvalue weighted by Gasteiger charge is 2.29. The van der Waals surface area contributed by atoms with E-state index in [1.54, 1.807) is 24.0 Å². The average molecular weight is 555 g/mol. The average Bonchev–Trinajstić information content (AvgIpc) is 3.67. The number of aryl methyl sites for hydroxylation is 1. The minimum atomic E-state index is -3.03. The van der Waals surface area contributed by atoms with Gasteiger partial charge in [-0.25, -0.2) is 8.91 Å².